The fraction of sp³-hybridized carbons (Fsp3) is 0.400. The van der Waals surface area contributed by atoms with Crippen LogP contribution in [0, 0.1) is 0 Å². The van der Waals surface area contributed by atoms with E-state index in [4.69, 9.17) is 11.6 Å². The number of rotatable bonds is 2. The van der Waals surface area contributed by atoms with Gasteiger partial charge in [0.1, 0.15) is 0 Å². The van der Waals surface area contributed by atoms with Gasteiger partial charge in [0.2, 0.25) is 0 Å². The van der Waals surface area contributed by atoms with E-state index in [1.54, 1.807) is 0 Å². The molecule has 0 amide bonds. The minimum absolute atomic E-state index is 0.619. The first-order valence-electron chi connectivity index (χ1n) is 4.55. The van der Waals surface area contributed by atoms with Gasteiger partial charge in [0.05, 0.1) is 5.02 Å². The molecule has 1 atom stereocenters. The standard InChI is InChI=1S/C10H11BrClNS/c11-9-5-7(1-2-10(9)12)13-8-3-4-14-6-8/h1-2,5,8,13H,3-4,6H2/t8-/m0/s1. The molecule has 1 aromatic rings. The Balaban J connectivity index is 2.05. The van der Waals surface area contributed by atoms with Crippen molar-refractivity contribution in [3.8, 4) is 0 Å². The molecule has 1 fully saturated rings. The lowest BCUT2D eigenvalue weighted by atomic mass is 10.2. The molecule has 0 saturated carbocycles. The van der Waals surface area contributed by atoms with Crippen LogP contribution in [0.1, 0.15) is 6.42 Å². The van der Waals surface area contributed by atoms with Crippen molar-refractivity contribution < 1.29 is 0 Å². The summed E-state index contributed by atoms with van der Waals surface area (Å²) in [5, 5.41) is 4.26. The number of halogens is 2. The summed E-state index contributed by atoms with van der Waals surface area (Å²) in [6, 6.07) is 6.59. The molecule has 0 aromatic heterocycles. The summed E-state index contributed by atoms with van der Waals surface area (Å²) in [5.74, 6) is 2.48. The Morgan fingerprint density at radius 2 is 2.36 bits per heavy atom. The highest BCUT2D eigenvalue weighted by Crippen LogP contribution is 2.27. The van der Waals surface area contributed by atoms with Crippen molar-refractivity contribution in [1.82, 2.24) is 0 Å². The smallest absolute Gasteiger partial charge is 0.0549 e. The molecule has 2 rings (SSSR count). The molecule has 0 aliphatic carbocycles. The summed E-state index contributed by atoms with van der Waals surface area (Å²) in [6.07, 6.45) is 1.25. The second-order valence-electron chi connectivity index (χ2n) is 3.33. The van der Waals surface area contributed by atoms with Gasteiger partial charge in [-0.05, 0) is 46.3 Å². The maximum atomic E-state index is 5.92. The van der Waals surface area contributed by atoms with Crippen LogP contribution in [0.2, 0.25) is 5.02 Å². The lowest BCUT2D eigenvalue weighted by Crippen LogP contribution is -2.17. The average Bonchev–Trinajstić information content (AvgIpc) is 2.64. The van der Waals surface area contributed by atoms with E-state index in [9.17, 15) is 0 Å². The lowest BCUT2D eigenvalue weighted by molar-refractivity contribution is 0.813. The van der Waals surface area contributed by atoms with E-state index in [1.807, 2.05) is 30.0 Å². The topological polar surface area (TPSA) is 12.0 Å². The van der Waals surface area contributed by atoms with E-state index in [-0.39, 0.29) is 0 Å². The minimum Gasteiger partial charge on any atom is -0.381 e. The first-order chi connectivity index (χ1) is 6.75. The Morgan fingerprint density at radius 3 is 3.00 bits per heavy atom. The predicted molar refractivity (Wildman–Crippen MR) is 68.5 cm³/mol. The summed E-state index contributed by atoms with van der Waals surface area (Å²) >= 11 is 11.3. The molecular formula is C10H11BrClNS. The Kier molecular flexibility index (Phi) is 3.63. The van der Waals surface area contributed by atoms with Crippen molar-refractivity contribution in [2.24, 2.45) is 0 Å². The van der Waals surface area contributed by atoms with Crippen LogP contribution in [0.4, 0.5) is 5.69 Å². The van der Waals surface area contributed by atoms with Gasteiger partial charge in [-0.2, -0.15) is 11.8 Å². The number of benzene rings is 1. The normalized spacial score (nSPS) is 21.1. The Hall–Kier alpha value is 0.140. The van der Waals surface area contributed by atoms with E-state index in [2.05, 4.69) is 21.2 Å². The van der Waals surface area contributed by atoms with E-state index < -0.39 is 0 Å². The quantitative estimate of drug-likeness (QED) is 0.883. The van der Waals surface area contributed by atoms with Crippen LogP contribution in [0.5, 0.6) is 0 Å². The second kappa shape index (κ2) is 4.77. The summed E-state index contributed by atoms with van der Waals surface area (Å²) in [5.41, 5.74) is 1.15. The van der Waals surface area contributed by atoms with Gasteiger partial charge in [0.25, 0.3) is 0 Å². The van der Waals surface area contributed by atoms with E-state index >= 15 is 0 Å². The third kappa shape index (κ3) is 2.59. The molecule has 14 heavy (non-hydrogen) atoms. The van der Waals surface area contributed by atoms with Crippen molar-refractivity contribution in [2.45, 2.75) is 12.5 Å². The van der Waals surface area contributed by atoms with Crippen LogP contribution < -0.4 is 5.32 Å². The molecule has 1 saturated heterocycles. The van der Waals surface area contributed by atoms with Gasteiger partial charge in [-0.3, -0.25) is 0 Å². The van der Waals surface area contributed by atoms with Gasteiger partial charge in [0, 0.05) is 22.0 Å². The third-order valence-electron chi connectivity index (χ3n) is 2.22. The first kappa shape index (κ1) is 10.7. The average molecular weight is 293 g/mol. The van der Waals surface area contributed by atoms with Gasteiger partial charge in [0.15, 0.2) is 0 Å². The van der Waals surface area contributed by atoms with Crippen LogP contribution in [-0.2, 0) is 0 Å². The molecule has 4 heteroatoms. The number of anilines is 1. The number of hydrogen-bond donors (Lipinski definition) is 1. The van der Waals surface area contributed by atoms with Crippen molar-refractivity contribution in [3.05, 3.63) is 27.7 Å². The second-order valence-corrected chi connectivity index (χ2v) is 5.75. The first-order valence-corrected chi connectivity index (χ1v) is 6.87. The maximum Gasteiger partial charge on any atom is 0.0549 e. The number of hydrogen-bond acceptors (Lipinski definition) is 2. The molecular weight excluding hydrogens is 282 g/mol. The molecule has 1 aliphatic rings. The van der Waals surface area contributed by atoms with E-state index in [0.717, 1.165) is 15.2 Å². The van der Waals surface area contributed by atoms with Crippen LogP contribution >= 0.6 is 39.3 Å². The Morgan fingerprint density at radius 1 is 1.50 bits per heavy atom. The minimum atomic E-state index is 0.619. The maximum absolute atomic E-state index is 5.92. The van der Waals surface area contributed by atoms with Gasteiger partial charge < -0.3 is 5.32 Å². The summed E-state index contributed by atoms with van der Waals surface area (Å²) < 4.78 is 0.954. The van der Waals surface area contributed by atoms with Gasteiger partial charge in [-0.15, -0.1) is 0 Å². The van der Waals surface area contributed by atoms with Gasteiger partial charge >= 0.3 is 0 Å². The molecule has 1 aliphatic heterocycles. The fourth-order valence-corrected chi connectivity index (χ4v) is 3.12. The highest BCUT2D eigenvalue weighted by molar-refractivity contribution is 9.10. The zero-order chi connectivity index (χ0) is 9.97. The van der Waals surface area contributed by atoms with Crippen molar-refractivity contribution in [1.29, 1.82) is 0 Å². The zero-order valence-corrected chi connectivity index (χ0v) is 10.8. The Labute approximate surface area is 102 Å². The molecule has 1 nitrogen and oxygen atoms in total. The van der Waals surface area contributed by atoms with Crippen molar-refractivity contribution in [2.75, 3.05) is 16.8 Å². The molecule has 0 radical (unpaired) electrons. The van der Waals surface area contributed by atoms with Crippen molar-refractivity contribution >= 4 is 45.0 Å². The van der Waals surface area contributed by atoms with Gasteiger partial charge in [-0.1, -0.05) is 11.6 Å². The fourth-order valence-electron chi connectivity index (χ4n) is 1.47. The number of nitrogens with one attached hydrogen (secondary N) is 1. The molecule has 1 aromatic carbocycles. The van der Waals surface area contributed by atoms with E-state index in [0.29, 0.717) is 6.04 Å². The molecule has 1 N–H and O–H groups in total. The largest absolute Gasteiger partial charge is 0.381 e. The third-order valence-corrected chi connectivity index (χ3v) is 4.60. The molecule has 0 bridgehead atoms. The molecule has 0 spiro atoms. The SMILES string of the molecule is Clc1ccc(N[C@H]2CCSC2)cc1Br. The van der Waals surface area contributed by atoms with Crippen LogP contribution in [0.15, 0.2) is 22.7 Å². The summed E-state index contributed by atoms with van der Waals surface area (Å²) in [7, 11) is 0. The summed E-state index contributed by atoms with van der Waals surface area (Å²) in [4.78, 5) is 0. The van der Waals surface area contributed by atoms with Gasteiger partial charge in [-0.25, -0.2) is 0 Å². The molecule has 76 valence electrons. The number of thioether (sulfide) groups is 1. The molecule has 0 unspecified atom stereocenters. The zero-order valence-electron chi connectivity index (χ0n) is 7.59. The predicted octanol–water partition coefficient (Wildman–Crippen LogP) is 4.02. The van der Waals surface area contributed by atoms with Crippen LogP contribution in [0.25, 0.3) is 0 Å². The molecule has 1 heterocycles. The lowest BCUT2D eigenvalue weighted by Gasteiger charge is -2.13. The Bertz CT molecular complexity index is 326. The summed E-state index contributed by atoms with van der Waals surface area (Å²) in [6.45, 7) is 0. The monoisotopic (exact) mass is 291 g/mol. The van der Waals surface area contributed by atoms with Crippen LogP contribution in [-0.4, -0.2) is 17.5 Å². The highest BCUT2D eigenvalue weighted by Gasteiger charge is 2.14. The highest BCUT2D eigenvalue weighted by atomic mass is 79.9. The van der Waals surface area contributed by atoms with Crippen LogP contribution in [0.3, 0.4) is 0 Å². The van der Waals surface area contributed by atoms with Crippen molar-refractivity contribution in [3.63, 3.8) is 0 Å². The van der Waals surface area contributed by atoms with E-state index in [1.165, 1.54) is 17.9 Å².